The molecule has 0 bridgehead atoms. The van der Waals surface area contributed by atoms with E-state index in [0.717, 1.165) is 24.8 Å². The van der Waals surface area contributed by atoms with Crippen molar-refractivity contribution >= 4 is 6.09 Å². The number of hydrogen-bond acceptors (Lipinski definition) is 3. The SMILES string of the molecule is C[C@@H](CCCCO)NC(=O)OCc1ccccc1. The van der Waals surface area contributed by atoms with E-state index in [1.54, 1.807) is 0 Å². The summed E-state index contributed by atoms with van der Waals surface area (Å²) >= 11 is 0. The van der Waals surface area contributed by atoms with Gasteiger partial charge in [0, 0.05) is 12.6 Å². The number of nitrogens with one attached hydrogen (secondary N) is 1. The lowest BCUT2D eigenvalue weighted by Crippen LogP contribution is -2.32. The molecule has 0 unspecified atom stereocenters. The first kappa shape index (κ1) is 14.5. The molecule has 2 N–H and O–H groups in total. The monoisotopic (exact) mass is 251 g/mol. The standard InChI is InChI=1S/C14H21NO3/c1-12(7-5-6-10-16)15-14(17)18-11-13-8-3-2-4-9-13/h2-4,8-9,12,16H,5-7,10-11H2,1H3,(H,15,17)/t12-/m0/s1. The molecule has 1 rings (SSSR count). The van der Waals surface area contributed by atoms with Crippen LogP contribution in [0.15, 0.2) is 30.3 Å². The minimum absolute atomic E-state index is 0.0693. The first-order chi connectivity index (χ1) is 8.72. The number of amides is 1. The summed E-state index contributed by atoms with van der Waals surface area (Å²) in [6.45, 7) is 2.42. The average Bonchev–Trinajstić information content (AvgIpc) is 2.38. The number of alkyl carbamates (subject to hydrolysis) is 1. The number of aliphatic hydroxyl groups is 1. The van der Waals surface area contributed by atoms with Crippen molar-refractivity contribution < 1.29 is 14.6 Å². The van der Waals surface area contributed by atoms with E-state index in [1.807, 2.05) is 37.3 Å². The lowest BCUT2D eigenvalue weighted by Gasteiger charge is -2.13. The van der Waals surface area contributed by atoms with Gasteiger partial charge in [0.05, 0.1) is 0 Å². The molecule has 0 fully saturated rings. The number of aliphatic hydroxyl groups excluding tert-OH is 1. The van der Waals surface area contributed by atoms with Gasteiger partial charge in [-0.3, -0.25) is 0 Å². The first-order valence-corrected chi connectivity index (χ1v) is 6.30. The van der Waals surface area contributed by atoms with Crippen LogP contribution in [0.2, 0.25) is 0 Å². The normalized spacial score (nSPS) is 11.9. The molecule has 0 aliphatic heterocycles. The maximum atomic E-state index is 11.5. The second-order valence-corrected chi connectivity index (χ2v) is 4.33. The molecule has 4 nitrogen and oxygen atoms in total. The molecular formula is C14H21NO3. The van der Waals surface area contributed by atoms with Gasteiger partial charge in [-0.15, -0.1) is 0 Å². The van der Waals surface area contributed by atoms with E-state index in [2.05, 4.69) is 5.32 Å². The third kappa shape index (κ3) is 6.25. The van der Waals surface area contributed by atoms with Crippen LogP contribution in [-0.2, 0) is 11.3 Å². The van der Waals surface area contributed by atoms with Crippen molar-refractivity contribution in [1.29, 1.82) is 0 Å². The van der Waals surface area contributed by atoms with Crippen LogP contribution in [0.5, 0.6) is 0 Å². The summed E-state index contributed by atoms with van der Waals surface area (Å²) in [6, 6.07) is 9.64. The van der Waals surface area contributed by atoms with Crippen LogP contribution in [0.4, 0.5) is 4.79 Å². The smallest absolute Gasteiger partial charge is 0.407 e. The Balaban J connectivity index is 2.17. The number of carbonyl (C=O) groups excluding carboxylic acids is 1. The van der Waals surface area contributed by atoms with Gasteiger partial charge in [-0.25, -0.2) is 4.79 Å². The molecule has 18 heavy (non-hydrogen) atoms. The number of benzene rings is 1. The van der Waals surface area contributed by atoms with Crippen LogP contribution in [0.1, 0.15) is 31.7 Å². The van der Waals surface area contributed by atoms with Gasteiger partial charge in [-0.2, -0.15) is 0 Å². The number of ether oxygens (including phenoxy) is 1. The highest BCUT2D eigenvalue weighted by molar-refractivity contribution is 5.67. The summed E-state index contributed by atoms with van der Waals surface area (Å²) in [6.07, 6.45) is 2.12. The Bertz CT molecular complexity index is 340. The molecule has 0 aromatic heterocycles. The lowest BCUT2D eigenvalue weighted by molar-refractivity contribution is 0.135. The first-order valence-electron chi connectivity index (χ1n) is 6.30. The highest BCUT2D eigenvalue weighted by Crippen LogP contribution is 2.03. The molecule has 0 heterocycles. The fourth-order valence-electron chi connectivity index (χ4n) is 1.60. The van der Waals surface area contributed by atoms with E-state index in [-0.39, 0.29) is 19.3 Å². The molecule has 1 amide bonds. The van der Waals surface area contributed by atoms with Crippen LogP contribution < -0.4 is 5.32 Å². The van der Waals surface area contributed by atoms with E-state index < -0.39 is 6.09 Å². The quantitative estimate of drug-likeness (QED) is 0.732. The minimum atomic E-state index is -0.393. The summed E-state index contributed by atoms with van der Waals surface area (Å²) in [4.78, 5) is 11.5. The molecule has 4 heteroatoms. The second-order valence-electron chi connectivity index (χ2n) is 4.33. The van der Waals surface area contributed by atoms with E-state index in [0.29, 0.717) is 0 Å². The zero-order valence-corrected chi connectivity index (χ0v) is 10.8. The summed E-state index contributed by atoms with van der Waals surface area (Å²) in [5.41, 5.74) is 0.973. The van der Waals surface area contributed by atoms with Crippen molar-refractivity contribution in [3.8, 4) is 0 Å². The molecule has 0 saturated heterocycles. The molecule has 0 aliphatic rings. The Morgan fingerprint density at radius 2 is 2.06 bits per heavy atom. The fraction of sp³-hybridized carbons (Fsp3) is 0.500. The highest BCUT2D eigenvalue weighted by atomic mass is 16.5. The summed E-state index contributed by atoms with van der Waals surface area (Å²) in [5, 5.41) is 11.4. The predicted molar refractivity (Wildman–Crippen MR) is 70.2 cm³/mol. The Hall–Kier alpha value is -1.55. The Kier molecular flexibility index (Phi) is 6.87. The van der Waals surface area contributed by atoms with Gasteiger partial charge in [0.25, 0.3) is 0 Å². The number of hydrogen-bond donors (Lipinski definition) is 2. The molecule has 0 aliphatic carbocycles. The third-order valence-corrected chi connectivity index (χ3v) is 2.62. The van der Waals surface area contributed by atoms with Gasteiger partial charge in [-0.1, -0.05) is 30.3 Å². The van der Waals surface area contributed by atoms with Crippen molar-refractivity contribution in [2.45, 2.75) is 38.8 Å². The Labute approximate surface area is 108 Å². The van der Waals surface area contributed by atoms with Crippen LogP contribution in [0.25, 0.3) is 0 Å². The average molecular weight is 251 g/mol. The maximum absolute atomic E-state index is 11.5. The topological polar surface area (TPSA) is 58.6 Å². The van der Waals surface area contributed by atoms with Gasteiger partial charge in [0.2, 0.25) is 0 Å². The van der Waals surface area contributed by atoms with E-state index >= 15 is 0 Å². The molecule has 0 radical (unpaired) electrons. The van der Waals surface area contributed by atoms with Gasteiger partial charge >= 0.3 is 6.09 Å². The zero-order chi connectivity index (χ0) is 13.2. The van der Waals surface area contributed by atoms with E-state index in [1.165, 1.54) is 0 Å². The summed E-state index contributed by atoms with van der Waals surface area (Å²) in [7, 11) is 0. The van der Waals surface area contributed by atoms with Gasteiger partial charge in [-0.05, 0) is 31.7 Å². The zero-order valence-electron chi connectivity index (χ0n) is 10.8. The molecule has 1 aromatic carbocycles. The maximum Gasteiger partial charge on any atom is 0.407 e. The molecule has 1 aromatic rings. The lowest BCUT2D eigenvalue weighted by atomic mass is 10.1. The van der Waals surface area contributed by atoms with Crippen molar-refractivity contribution in [3.63, 3.8) is 0 Å². The van der Waals surface area contributed by atoms with Gasteiger partial charge in [0.15, 0.2) is 0 Å². The van der Waals surface area contributed by atoms with Gasteiger partial charge in [0.1, 0.15) is 6.61 Å². The summed E-state index contributed by atoms with van der Waals surface area (Å²) in [5.74, 6) is 0. The summed E-state index contributed by atoms with van der Waals surface area (Å²) < 4.78 is 5.11. The molecule has 0 saturated carbocycles. The van der Waals surface area contributed by atoms with Crippen molar-refractivity contribution in [2.75, 3.05) is 6.61 Å². The molecule has 0 spiro atoms. The van der Waals surface area contributed by atoms with Crippen LogP contribution >= 0.6 is 0 Å². The van der Waals surface area contributed by atoms with Crippen molar-refractivity contribution in [2.24, 2.45) is 0 Å². The second kappa shape index (κ2) is 8.53. The van der Waals surface area contributed by atoms with Crippen LogP contribution in [0.3, 0.4) is 0 Å². The third-order valence-electron chi connectivity index (χ3n) is 2.62. The minimum Gasteiger partial charge on any atom is -0.445 e. The van der Waals surface area contributed by atoms with E-state index in [9.17, 15) is 4.79 Å². The van der Waals surface area contributed by atoms with E-state index in [4.69, 9.17) is 9.84 Å². The Morgan fingerprint density at radius 3 is 2.72 bits per heavy atom. The highest BCUT2D eigenvalue weighted by Gasteiger charge is 2.07. The Morgan fingerprint density at radius 1 is 1.33 bits per heavy atom. The number of unbranched alkanes of at least 4 members (excludes halogenated alkanes) is 1. The van der Waals surface area contributed by atoms with Crippen molar-refractivity contribution in [3.05, 3.63) is 35.9 Å². The molecular weight excluding hydrogens is 230 g/mol. The molecule has 100 valence electrons. The van der Waals surface area contributed by atoms with Crippen LogP contribution in [0, 0.1) is 0 Å². The fourth-order valence-corrected chi connectivity index (χ4v) is 1.60. The molecule has 1 atom stereocenters. The number of rotatable bonds is 7. The van der Waals surface area contributed by atoms with Crippen molar-refractivity contribution in [1.82, 2.24) is 5.32 Å². The number of carbonyl (C=O) groups is 1. The largest absolute Gasteiger partial charge is 0.445 e. The van der Waals surface area contributed by atoms with Crippen LogP contribution in [-0.4, -0.2) is 23.8 Å². The van der Waals surface area contributed by atoms with Gasteiger partial charge < -0.3 is 15.2 Å². The predicted octanol–water partition coefficient (Wildman–Crippen LogP) is 2.46.